The van der Waals surface area contributed by atoms with Crippen LogP contribution < -0.4 is 16.0 Å². The van der Waals surface area contributed by atoms with E-state index in [0.717, 1.165) is 37.5 Å². The van der Waals surface area contributed by atoms with Crippen molar-refractivity contribution in [2.24, 2.45) is 11.8 Å². The van der Waals surface area contributed by atoms with Crippen LogP contribution in [0.5, 0.6) is 0 Å². The monoisotopic (exact) mass is 650 g/mol. The van der Waals surface area contributed by atoms with Gasteiger partial charge in [0.25, 0.3) is 0 Å². The average Bonchev–Trinajstić information content (AvgIpc) is 2.94. The normalized spacial score (nSPS) is 23.2. The molecule has 0 aromatic heterocycles. The van der Waals surface area contributed by atoms with Gasteiger partial charge in [0.2, 0.25) is 11.8 Å². The number of hydrogen-bond acceptors (Lipinski definition) is 8. The minimum atomic E-state index is -3.83. The van der Waals surface area contributed by atoms with Crippen LogP contribution in [0, 0.1) is 11.8 Å². The molecule has 254 valence electrons. The highest BCUT2D eigenvalue weighted by Gasteiger charge is 2.46. The Hall–Kier alpha value is -2.70. The number of fused-ring (bicyclic) bond motifs is 1. The Kier molecular flexibility index (Phi) is 12.5. The van der Waals surface area contributed by atoms with Crippen LogP contribution in [-0.2, 0) is 30.6 Å². The summed E-state index contributed by atoms with van der Waals surface area (Å²) in [6.45, 7) is 11.0. The predicted molar refractivity (Wildman–Crippen MR) is 174 cm³/mol. The number of benzene rings is 1. The Morgan fingerprint density at radius 1 is 1.02 bits per heavy atom. The summed E-state index contributed by atoms with van der Waals surface area (Å²) in [5.41, 5.74) is 0.439. The predicted octanol–water partition coefficient (Wildman–Crippen LogP) is 2.81. The summed E-state index contributed by atoms with van der Waals surface area (Å²) in [5, 5.41) is 20.2. The van der Waals surface area contributed by atoms with Crippen LogP contribution in [-0.4, -0.2) is 96.8 Å². The van der Waals surface area contributed by atoms with Crippen molar-refractivity contribution < 1.29 is 32.6 Å². The van der Waals surface area contributed by atoms with Crippen molar-refractivity contribution in [3.05, 3.63) is 35.9 Å². The van der Waals surface area contributed by atoms with Gasteiger partial charge in [-0.2, -0.15) is 0 Å². The Labute approximate surface area is 269 Å². The summed E-state index contributed by atoms with van der Waals surface area (Å²) in [6, 6.07) is 6.58. The van der Waals surface area contributed by atoms with Gasteiger partial charge in [-0.15, -0.1) is 0 Å². The second-order valence-electron chi connectivity index (χ2n) is 14.3. The molecule has 1 saturated carbocycles. The van der Waals surface area contributed by atoms with Gasteiger partial charge < -0.3 is 25.8 Å². The molecule has 1 saturated heterocycles. The molecule has 11 nitrogen and oxygen atoms in total. The number of nitrogens with one attached hydrogen (secondary N) is 3. The van der Waals surface area contributed by atoms with E-state index in [-0.39, 0.29) is 25.5 Å². The van der Waals surface area contributed by atoms with Crippen molar-refractivity contribution in [1.29, 1.82) is 0 Å². The van der Waals surface area contributed by atoms with Crippen LogP contribution in [0.15, 0.2) is 30.3 Å². The number of nitrogens with zero attached hydrogens (tertiary/aromatic N) is 1. The smallest absolute Gasteiger partial charge is 0.407 e. The Balaban J connectivity index is 1.91. The van der Waals surface area contributed by atoms with Gasteiger partial charge in [-0.3, -0.25) is 14.5 Å². The number of piperidine rings is 1. The van der Waals surface area contributed by atoms with E-state index in [9.17, 15) is 27.9 Å². The Bertz CT molecular complexity index is 1270. The molecule has 3 rings (SSSR count). The summed E-state index contributed by atoms with van der Waals surface area (Å²) >= 11 is 0. The van der Waals surface area contributed by atoms with Gasteiger partial charge in [0.1, 0.15) is 6.04 Å². The maximum absolute atomic E-state index is 13.9. The molecular formula is C33H54N4O7S. The number of carbonyl (C=O) groups excluding carboxylic acids is 3. The average molecular weight is 651 g/mol. The molecule has 3 unspecified atom stereocenters. The van der Waals surface area contributed by atoms with Crippen LogP contribution in [0.3, 0.4) is 0 Å². The van der Waals surface area contributed by atoms with E-state index in [1.807, 2.05) is 51.1 Å². The molecule has 0 radical (unpaired) electrons. The number of aliphatic hydroxyl groups excluding tert-OH is 1. The molecule has 45 heavy (non-hydrogen) atoms. The first kappa shape index (κ1) is 36.8. The van der Waals surface area contributed by atoms with Crippen molar-refractivity contribution in [2.45, 2.75) is 115 Å². The summed E-state index contributed by atoms with van der Waals surface area (Å²) in [6.07, 6.45) is 4.42. The molecule has 1 aromatic rings. The van der Waals surface area contributed by atoms with Gasteiger partial charge in [-0.25, -0.2) is 13.2 Å². The fraction of sp³-hybridized carbons (Fsp3) is 0.727. The number of amides is 3. The third-order valence-corrected chi connectivity index (χ3v) is 11.4. The van der Waals surface area contributed by atoms with E-state index in [4.69, 9.17) is 4.74 Å². The second-order valence-corrected chi connectivity index (χ2v) is 16.9. The standard InChI is InChI=1S/C33H54N4O7S/c1-8-44-31(41)35-28(33(5,6)45(7,42)43)30(40)34-25(18-22-14-10-9-11-15-22)27(38)21-37-20-24-17-13-12-16-23(24)19-26(37)29(39)36-32(2,3)4/h9-11,14-15,23-28,38H,8,12-13,16-21H2,1-7H3,(H,34,40)(H,35,41)(H,36,39)/t23-,24+,25?,26?,27?,28+/m0/s1. The summed E-state index contributed by atoms with van der Waals surface area (Å²) in [7, 11) is -3.83. The zero-order chi connectivity index (χ0) is 33.6. The minimum absolute atomic E-state index is 0.0382. The summed E-state index contributed by atoms with van der Waals surface area (Å²) < 4.78 is 28.8. The van der Waals surface area contributed by atoms with Crippen LogP contribution in [0.1, 0.15) is 79.2 Å². The highest BCUT2D eigenvalue weighted by Crippen LogP contribution is 2.39. The maximum Gasteiger partial charge on any atom is 0.407 e. The van der Waals surface area contributed by atoms with Gasteiger partial charge in [0.05, 0.1) is 29.5 Å². The molecule has 2 fully saturated rings. The molecule has 12 heteroatoms. The molecule has 1 aliphatic heterocycles. The molecule has 2 aliphatic rings. The summed E-state index contributed by atoms with van der Waals surface area (Å²) in [4.78, 5) is 41.9. The number of hydrogen-bond donors (Lipinski definition) is 4. The molecule has 1 heterocycles. The SMILES string of the molecule is CCOC(=O)N[C@H](C(=O)NC(Cc1ccccc1)C(O)CN1C[C@H]2CCCC[C@H]2CC1C(=O)NC(C)(C)C)C(C)(C)S(C)(=O)=O. The van der Waals surface area contributed by atoms with Crippen molar-refractivity contribution in [1.82, 2.24) is 20.9 Å². The van der Waals surface area contributed by atoms with Crippen molar-refractivity contribution >= 4 is 27.7 Å². The number of β-amino-alcohol motifs (C(OH)–C–C–N with tert-alkyl or cyclic N) is 1. The largest absolute Gasteiger partial charge is 0.450 e. The third kappa shape index (κ3) is 10.1. The first-order chi connectivity index (χ1) is 20.9. The van der Waals surface area contributed by atoms with E-state index in [0.29, 0.717) is 24.8 Å². The van der Waals surface area contributed by atoms with Crippen LogP contribution in [0.25, 0.3) is 0 Å². The molecule has 0 spiro atoms. The number of ether oxygens (including phenoxy) is 1. The quantitative estimate of drug-likeness (QED) is 0.269. The Morgan fingerprint density at radius 3 is 2.22 bits per heavy atom. The molecule has 0 bridgehead atoms. The van der Waals surface area contributed by atoms with E-state index in [1.54, 1.807) is 6.92 Å². The number of alkyl carbamates (subject to hydrolysis) is 1. The zero-order valence-electron chi connectivity index (χ0n) is 28.0. The lowest BCUT2D eigenvalue weighted by Crippen LogP contribution is -2.64. The fourth-order valence-electron chi connectivity index (χ4n) is 6.47. The Morgan fingerprint density at radius 2 is 1.64 bits per heavy atom. The van der Waals surface area contributed by atoms with E-state index in [1.165, 1.54) is 13.8 Å². The van der Waals surface area contributed by atoms with Crippen molar-refractivity contribution in [2.75, 3.05) is 26.0 Å². The summed E-state index contributed by atoms with van der Waals surface area (Å²) in [5.74, 6) is 0.0542. The lowest BCUT2D eigenvalue weighted by molar-refractivity contribution is -0.133. The number of sulfone groups is 1. The van der Waals surface area contributed by atoms with Crippen molar-refractivity contribution in [3.8, 4) is 0 Å². The third-order valence-electron chi connectivity index (χ3n) is 9.27. The maximum atomic E-state index is 13.9. The van der Waals surface area contributed by atoms with Gasteiger partial charge in [0.15, 0.2) is 9.84 Å². The first-order valence-electron chi connectivity index (χ1n) is 16.1. The van der Waals surface area contributed by atoms with Crippen LogP contribution >= 0.6 is 0 Å². The van der Waals surface area contributed by atoms with Crippen molar-refractivity contribution in [3.63, 3.8) is 0 Å². The first-order valence-corrected chi connectivity index (χ1v) is 18.0. The minimum Gasteiger partial charge on any atom is -0.450 e. The molecule has 6 atom stereocenters. The van der Waals surface area contributed by atoms with E-state index < -0.39 is 56.4 Å². The molecular weight excluding hydrogens is 596 g/mol. The van der Waals surface area contributed by atoms with E-state index in [2.05, 4.69) is 20.9 Å². The highest BCUT2D eigenvalue weighted by atomic mass is 32.2. The molecule has 3 amide bonds. The number of rotatable bonds is 12. The van der Waals surface area contributed by atoms with Crippen LogP contribution in [0.2, 0.25) is 0 Å². The van der Waals surface area contributed by atoms with Gasteiger partial charge in [0, 0.05) is 24.9 Å². The topological polar surface area (TPSA) is 154 Å². The number of likely N-dealkylation sites (tertiary alicyclic amines) is 1. The lowest BCUT2D eigenvalue weighted by atomic mass is 9.72. The van der Waals surface area contributed by atoms with Gasteiger partial charge in [-0.05, 0) is 78.2 Å². The van der Waals surface area contributed by atoms with Crippen LogP contribution in [0.4, 0.5) is 4.79 Å². The van der Waals surface area contributed by atoms with E-state index >= 15 is 0 Å². The van der Waals surface area contributed by atoms with Gasteiger partial charge >= 0.3 is 6.09 Å². The number of aliphatic hydroxyl groups is 1. The lowest BCUT2D eigenvalue weighted by Gasteiger charge is -2.47. The fourth-order valence-corrected chi connectivity index (χ4v) is 7.07. The number of carbonyl (C=O) groups is 3. The van der Waals surface area contributed by atoms with Gasteiger partial charge in [-0.1, -0.05) is 49.6 Å². The zero-order valence-corrected chi connectivity index (χ0v) is 28.8. The molecule has 1 aromatic carbocycles. The second kappa shape index (κ2) is 15.3. The molecule has 4 N–H and O–H groups in total. The highest BCUT2D eigenvalue weighted by molar-refractivity contribution is 7.92. The molecule has 1 aliphatic carbocycles.